The Bertz CT molecular complexity index is 2060. The van der Waals surface area contributed by atoms with E-state index in [9.17, 15) is 18.8 Å². The van der Waals surface area contributed by atoms with Gasteiger partial charge >= 0.3 is 11.9 Å². The zero-order chi connectivity index (χ0) is 34.4. The average molecular weight is 695 g/mol. The van der Waals surface area contributed by atoms with Crippen molar-refractivity contribution in [3.63, 3.8) is 0 Å². The number of benzene rings is 3. The Morgan fingerprint density at radius 1 is 0.979 bits per heavy atom. The number of fused-ring (bicyclic) bond motifs is 1. The largest absolute Gasteiger partial charge is 0.490 e. The zero-order valence-electron chi connectivity index (χ0n) is 26.6. The number of ether oxygens (including phenoxy) is 5. The minimum absolute atomic E-state index is 0.118. The molecule has 1 aliphatic heterocycles. The number of halogens is 2. The molecule has 250 valence electrons. The van der Waals surface area contributed by atoms with E-state index in [-0.39, 0.29) is 43.6 Å². The van der Waals surface area contributed by atoms with Crippen LogP contribution in [0.2, 0.25) is 5.02 Å². The van der Waals surface area contributed by atoms with Gasteiger partial charge in [0.05, 0.1) is 42.2 Å². The molecule has 0 saturated carbocycles. The van der Waals surface area contributed by atoms with E-state index in [0.29, 0.717) is 42.7 Å². The summed E-state index contributed by atoms with van der Waals surface area (Å²) in [7, 11) is 1.26. The Morgan fingerprint density at radius 2 is 1.73 bits per heavy atom. The maximum Gasteiger partial charge on any atom is 0.343 e. The highest BCUT2D eigenvalue weighted by Gasteiger charge is 2.34. The van der Waals surface area contributed by atoms with Crippen LogP contribution < -0.4 is 29.1 Å². The molecule has 1 atom stereocenters. The van der Waals surface area contributed by atoms with Gasteiger partial charge in [-0.2, -0.15) is 0 Å². The number of hydrogen-bond acceptors (Lipinski definition) is 10. The van der Waals surface area contributed by atoms with E-state index in [2.05, 4.69) is 9.73 Å². The Morgan fingerprint density at radius 3 is 2.44 bits per heavy atom. The number of carbonyl (C=O) groups is 2. The highest BCUT2D eigenvalue weighted by atomic mass is 35.5. The van der Waals surface area contributed by atoms with E-state index in [4.69, 9.17) is 30.5 Å². The molecule has 1 aliphatic rings. The minimum atomic E-state index is -0.926. The van der Waals surface area contributed by atoms with Crippen LogP contribution in [0.4, 0.5) is 4.39 Å². The first-order chi connectivity index (χ1) is 23.1. The molecule has 0 spiro atoms. The van der Waals surface area contributed by atoms with Gasteiger partial charge in [-0.3, -0.25) is 9.36 Å². The quantitative estimate of drug-likeness (QED) is 0.188. The summed E-state index contributed by atoms with van der Waals surface area (Å²) >= 11 is 7.49. The van der Waals surface area contributed by atoms with Crippen LogP contribution >= 0.6 is 22.9 Å². The van der Waals surface area contributed by atoms with Crippen LogP contribution in [0.3, 0.4) is 0 Å². The van der Waals surface area contributed by atoms with Gasteiger partial charge in [0.25, 0.3) is 5.56 Å². The molecular weight excluding hydrogens is 663 g/mol. The van der Waals surface area contributed by atoms with Crippen molar-refractivity contribution in [2.75, 3.05) is 26.9 Å². The lowest BCUT2D eigenvalue weighted by Gasteiger charge is -2.25. The number of methoxy groups -OCH3 is 1. The molecule has 0 fully saturated rings. The smallest absolute Gasteiger partial charge is 0.343 e. The molecule has 13 heteroatoms. The molecule has 0 unspecified atom stereocenters. The maximum atomic E-state index is 14.2. The number of aromatic nitrogens is 1. The second-order valence-corrected chi connectivity index (χ2v) is 11.8. The molecule has 0 N–H and O–H groups in total. The molecule has 3 aromatic carbocycles. The molecule has 0 amide bonds. The van der Waals surface area contributed by atoms with Crippen LogP contribution in [0.5, 0.6) is 17.2 Å². The molecule has 1 aromatic heterocycles. The summed E-state index contributed by atoms with van der Waals surface area (Å²) in [5.74, 6) is -0.489. The average Bonchev–Trinajstić information content (AvgIpc) is 3.37. The van der Waals surface area contributed by atoms with Crippen molar-refractivity contribution >= 4 is 41.0 Å². The fraction of sp³-hybridized carbons (Fsp3) is 0.257. The van der Waals surface area contributed by atoms with Gasteiger partial charge in [-0.15, -0.1) is 0 Å². The fourth-order valence-corrected chi connectivity index (χ4v) is 6.25. The summed E-state index contributed by atoms with van der Waals surface area (Å²) in [6, 6.07) is 15.0. The SMILES string of the molecule is CCOC(=O)C1=C(C)N=c2s/c(=C/c3cc(Cl)ccc3OCc3ccc(F)cc3)c(=O)n2[C@@H]1c1ccc(OCC(=O)OC)c(OCC)c1. The van der Waals surface area contributed by atoms with Crippen molar-refractivity contribution in [2.24, 2.45) is 4.99 Å². The molecule has 2 heterocycles. The van der Waals surface area contributed by atoms with Gasteiger partial charge in [0.2, 0.25) is 0 Å². The van der Waals surface area contributed by atoms with Gasteiger partial charge in [-0.1, -0.05) is 41.1 Å². The van der Waals surface area contributed by atoms with Gasteiger partial charge in [-0.05, 0) is 80.4 Å². The van der Waals surface area contributed by atoms with Crippen LogP contribution in [0, 0.1) is 5.82 Å². The third-order valence-corrected chi connectivity index (χ3v) is 8.46. The van der Waals surface area contributed by atoms with Crippen molar-refractivity contribution in [3.05, 3.63) is 119 Å². The molecule has 0 bridgehead atoms. The number of carbonyl (C=O) groups excluding carboxylic acids is 2. The zero-order valence-corrected chi connectivity index (χ0v) is 28.2. The number of esters is 2. The van der Waals surface area contributed by atoms with E-state index in [1.165, 1.54) is 23.8 Å². The van der Waals surface area contributed by atoms with Crippen molar-refractivity contribution in [1.82, 2.24) is 4.57 Å². The van der Waals surface area contributed by atoms with Crippen LogP contribution in [0.1, 0.15) is 43.5 Å². The van der Waals surface area contributed by atoms with Crippen LogP contribution in [0.25, 0.3) is 6.08 Å². The maximum absolute atomic E-state index is 14.2. The summed E-state index contributed by atoms with van der Waals surface area (Å²) < 4.78 is 42.7. The lowest BCUT2D eigenvalue weighted by molar-refractivity contribution is -0.143. The third-order valence-electron chi connectivity index (χ3n) is 7.24. The predicted molar refractivity (Wildman–Crippen MR) is 178 cm³/mol. The highest BCUT2D eigenvalue weighted by molar-refractivity contribution is 7.07. The summed E-state index contributed by atoms with van der Waals surface area (Å²) in [6.45, 7) is 5.40. The second-order valence-electron chi connectivity index (χ2n) is 10.4. The molecule has 4 aromatic rings. The molecule has 48 heavy (non-hydrogen) atoms. The highest BCUT2D eigenvalue weighted by Crippen LogP contribution is 2.36. The van der Waals surface area contributed by atoms with Gasteiger partial charge in [0.15, 0.2) is 22.9 Å². The van der Waals surface area contributed by atoms with E-state index >= 15 is 0 Å². The summed E-state index contributed by atoms with van der Waals surface area (Å²) in [5, 5.41) is 0.430. The van der Waals surface area contributed by atoms with Crippen molar-refractivity contribution in [3.8, 4) is 17.2 Å². The van der Waals surface area contributed by atoms with Gasteiger partial charge in [0, 0.05) is 10.6 Å². The Labute approximate surface area is 284 Å². The molecule has 0 radical (unpaired) electrons. The van der Waals surface area contributed by atoms with Crippen LogP contribution in [0.15, 0.2) is 81.7 Å². The third kappa shape index (κ3) is 7.61. The second kappa shape index (κ2) is 15.3. The van der Waals surface area contributed by atoms with E-state index in [0.717, 1.165) is 16.9 Å². The lowest BCUT2D eigenvalue weighted by Crippen LogP contribution is -2.40. The minimum Gasteiger partial charge on any atom is -0.490 e. The van der Waals surface area contributed by atoms with Crippen molar-refractivity contribution in [1.29, 1.82) is 0 Å². The molecule has 10 nitrogen and oxygen atoms in total. The summed E-state index contributed by atoms with van der Waals surface area (Å²) in [4.78, 5) is 44.3. The number of allylic oxidation sites excluding steroid dienone is 1. The first kappa shape index (κ1) is 34.4. The van der Waals surface area contributed by atoms with Crippen molar-refractivity contribution in [2.45, 2.75) is 33.4 Å². The number of nitrogens with zero attached hydrogens (tertiary/aromatic N) is 2. The predicted octanol–water partition coefficient (Wildman–Crippen LogP) is 5.12. The normalized spacial score (nSPS) is 14.2. The molecular formula is C35H32ClFN2O8S. The number of rotatable bonds is 12. The Balaban J connectivity index is 1.61. The first-order valence-electron chi connectivity index (χ1n) is 15.0. The number of thiazole rings is 1. The fourth-order valence-electron chi connectivity index (χ4n) is 5.03. The van der Waals surface area contributed by atoms with E-state index in [1.807, 2.05) is 0 Å². The van der Waals surface area contributed by atoms with Crippen LogP contribution in [-0.4, -0.2) is 43.4 Å². The monoisotopic (exact) mass is 694 g/mol. The summed E-state index contributed by atoms with van der Waals surface area (Å²) in [5.41, 5.74) is 1.99. The van der Waals surface area contributed by atoms with E-state index in [1.54, 1.807) is 75.4 Å². The molecule has 0 saturated heterocycles. The van der Waals surface area contributed by atoms with Gasteiger partial charge < -0.3 is 23.7 Å². The Kier molecular flexibility index (Phi) is 11.0. The molecule has 5 rings (SSSR count). The Hall–Kier alpha value is -4.94. The first-order valence-corrected chi connectivity index (χ1v) is 16.2. The standard InChI is InChI=1S/C35H32ClFN2O8S/c1-5-44-28-16-22(9-13-27(28)47-19-30(40)43-4)32-31(34(42)45-6-2)20(3)38-35-39(32)33(41)29(48-35)17-23-15-24(36)10-14-26(23)46-18-21-7-11-25(37)12-8-21/h7-17,32H,5-6,18-19H2,1-4H3/b29-17+/t32-/m1/s1. The summed E-state index contributed by atoms with van der Waals surface area (Å²) in [6.07, 6.45) is 1.66. The van der Waals surface area contributed by atoms with E-state index < -0.39 is 23.5 Å². The van der Waals surface area contributed by atoms with Gasteiger partial charge in [-0.25, -0.2) is 19.0 Å². The van der Waals surface area contributed by atoms with Crippen molar-refractivity contribution < 1.29 is 37.7 Å². The lowest BCUT2D eigenvalue weighted by atomic mass is 9.95. The number of hydrogen-bond donors (Lipinski definition) is 0. The van der Waals surface area contributed by atoms with Gasteiger partial charge in [0.1, 0.15) is 18.2 Å². The van der Waals surface area contributed by atoms with Crippen LogP contribution in [-0.2, 0) is 25.7 Å². The molecule has 0 aliphatic carbocycles. The topological polar surface area (TPSA) is 115 Å².